The standard InChI is InChI=1S/C19H25N5O2/c1-3-26-16-7-5-4-6-15(16)19(25)24-11-9-14(12-24)23(2)13-18-21-10-8-17(20)22-18/h4-8,10,14H,3,9,11-13H2,1-2H3,(H2,20,21,22)/t14-/m0/s1. The van der Waals surface area contributed by atoms with Gasteiger partial charge in [0.25, 0.3) is 5.91 Å². The minimum Gasteiger partial charge on any atom is -0.493 e. The van der Waals surface area contributed by atoms with Gasteiger partial charge in [0.05, 0.1) is 18.7 Å². The number of benzene rings is 1. The third-order valence-corrected chi connectivity index (χ3v) is 4.61. The highest BCUT2D eigenvalue weighted by molar-refractivity contribution is 5.97. The van der Waals surface area contributed by atoms with E-state index in [-0.39, 0.29) is 11.9 Å². The summed E-state index contributed by atoms with van der Waals surface area (Å²) in [5.74, 6) is 1.83. The summed E-state index contributed by atoms with van der Waals surface area (Å²) in [5.41, 5.74) is 6.34. The lowest BCUT2D eigenvalue weighted by atomic mass is 10.1. The van der Waals surface area contributed by atoms with Gasteiger partial charge in [-0.3, -0.25) is 9.69 Å². The molecule has 0 bridgehead atoms. The lowest BCUT2D eigenvalue weighted by Gasteiger charge is -2.24. The Labute approximate surface area is 153 Å². The minimum atomic E-state index is 0.0187. The van der Waals surface area contributed by atoms with Gasteiger partial charge >= 0.3 is 0 Å². The Kier molecular flexibility index (Phi) is 5.68. The van der Waals surface area contributed by atoms with E-state index in [1.165, 1.54) is 0 Å². The van der Waals surface area contributed by atoms with Gasteiger partial charge < -0.3 is 15.4 Å². The lowest BCUT2D eigenvalue weighted by Crippen LogP contribution is -2.36. The number of rotatable bonds is 6. The van der Waals surface area contributed by atoms with E-state index in [1.54, 1.807) is 12.3 Å². The van der Waals surface area contributed by atoms with Crippen LogP contribution in [0.1, 0.15) is 29.5 Å². The number of aromatic nitrogens is 2. The van der Waals surface area contributed by atoms with Gasteiger partial charge in [0.2, 0.25) is 0 Å². The molecule has 7 nitrogen and oxygen atoms in total. The third kappa shape index (κ3) is 4.11. The lowest BCUT2D eigenvalue weighted by molar-refractivity contribution is 0.0775. The maximum absolute atomic E-state index is 12.9. The molecule has 1 aromatic carbocycles. The maximum Gasteiger partial charge on any atom is 0.257 e. The van der Waals surface area contributed by atoms with Gasteiger partial charge in [0.15, 0.2) is 0 Å². The van der Waals surface area contributed by atoms with Crippen LogP contribution in [-0.4, -0.2) is 58.5 Å². The van der Waals surface area contributed by atoms with E-state index in [1.807, 2.05) is 43.1 Å². The summed E-state index contributed by atoms with van der Waals surface area (Å²) < 4.78 is 5.60. The quantitative estimate of drug-likeness (QED) is 0.851. The molecule has 1 aromatic heterocycles. The normalized spacial score (nSPS) is 16.9. The SMILES string of the molecule is CCOc1ccccc1C(=O)N1CC[C@H](N(C)Cc2nccc(N)n2)C1. The number of carbonyl (C=O) groups excluding carboxylic acids is 1. The molecule has 1 aliphatic rings. The van der Waals surface area contributed by atoms with Gasteiger partial charge in [-0.15, -0.1) is 0 Å². The predicted molar refractivity (Wildman–Crippen MR) is 99.8 cm³/mol. The van der Waals surface area contributed by atoms with Crippen molar-refractivity contribution in [1.29, 1.82) is 0 Å². The molecule has 1 saturated heterocycles. The van der Waals surface area contributed by atoms with Crippen LogP contribution in [-0.2, 0) is 6.54 Å². The highest BCUT2D eigenvalue weighted by atomic mass is 16.5. The number of hydrogen-bond acceptors (Lipinski definition) is 6. The Hall–Kier alpha value is -2.67. The van der Waals surface area contributed by atoms with Gasteiger partial charge in [0, 0.05) is 25.3 Å². The molecular weight excluding hydrogens is 330 g/mol. The van der Waals surface area contributed by atoms with Crippen molar-refractivity contribution in [3.05, 3.63) is 47.9 Å². The highest BCUT2D eigenvalue weighted by Crippen LogP contribution is 2.23. The molecule has 0 saturated carbocycles. The molecule has 7 heteroatoms. The van der Waals surface area contributed by atoms with Crippen molar-refractivity contribution >= 4 is 11.7 Å². The molecule has 2 heterocycles. The minimum absolute atomic E-state index is 0.0187. The zero-order valence-electron chi connectivity index (χ0n) is 15.3. The molecule has 1 amide bonds. The van der Waals surface area contributed by atoms with Crippen LogP contribution in [0.5, 0.6) is 5.75 Å². The smallest absolute Gasteiger partial charge is 0.257 e. The van der Waals surface area contributed by atoms with Crippen LogP contribution in [0.25, 0.3) is 0 Å². The zero-order chi connectivity index (χ0) is 18.5. The Bertz CT molecular complexity index is 767. The summed E-state index contributed by atoms with van der Waals surface area (Å²) in [7, 11) is 2.03. The Morgan fingerprint density at radius 2 is 2.19 bits per heavy atom. The van der Waals surface area contributed by atoms with Crippen LogP contribution in [0.2, 0.25) is 0 Å². The van der Waals surface area contributed by atoms with Crippen LogP contribution in [0.3, 0.4) is 0 Å². The van der Waals surface area contributed by atoms with Crippen molar-refractivity contribution in [2.24, 2.45) is 0 Å². The fourth-order valence-electron chi connectivity index (χ4n) is 3.22. The molecule has 2 N–H and O–H groups in total. The van der Waals surface area contributed by atoms with Gasteiger partial charge in [-0.2, -0.15) is 0 Å². The first kappa shape index (κ1) is 18.1. The number of amides is 1. The molecule has 0 unspecified atom stereocenters. The predicted octanol–water partition coefficient (Wildman–Crippen LogP) is 1.80. The molecule has 3 rings (SSSR count). The molecule has 0 aliphatic carbocycles. The monoisotopic (exact) mass is 355 g/mol. The van der Waals surface area contributed by atoms with E-state index in [9.17, 15) is 4.79 Å². The first-order valence-electron chi connectivity index (χ1n) is 8.87. The number of likely N-dealkylation sites (N-methyl/N-ethyl adjacent to an activating group) is 1. The summed E-state index contributed by atoms with van der Waals surface area (Å²) in [6, 6.07) is 9.36. The van der Waals surface area contributed by atoms with Crippen molar-refractivity contribution < 1.29 is 9.53 Å². The molecule has 1 atom stereocenters. The molecule has 138 valence electrons. The summed E-state index contributed by atoms with van der Waals surface area (Å²) >= 11 is 0. The summed E-state index contributed by atoms with van der Waals surface area (Å²) in [6.07, 6.45) is 2.59. The van der Waals surface area contributed by atoms with Crippen molar-refractivity contribution in [2.75, 3.05) is 32.5 Å². The molecule has 1 aliphatic heterocycles. The van der Waals surface area contributed by atoms with E-state index < -0.39 is 0 Å². The van der Waals surface area contributed by atoms with Crippen molar-refractivity contribution in [3.63, 3.8) is 0 Å². The van der Waals surface area contributed by atoms with Gasteiger partial charge in [0.1, 0.15) is 17.4 Å². The topological polar surface area (TPSA) is 84.6 Å². The molecule has 1 fully saturated rings. The van der Waals surface area contributed by atoms with Crippen molar-refractivity contribution in [2.45, 2.75) is 25.9 Å². The first-order chi connectivity index (χ1) is 12.6. The van der Waals surface area contributed by atoms with E-state index in [2.05, 4.69) is 14.9 Å². The number of nitrogen functional groups attached to an aromatic ring is 1. The fourth-order valence-corrected chi connectivity index (χ4v) is 3.22. The Balaban J connectivity index is 1.64. The summed E-state index contributed by atoms with van der Waals surface area (Å²) in [6.45, 7) is 4.47. The molecule has 2 aromatic rings. The van der Waals surface area contributed by atoms with Crippen LogP contribution in [0, 0.1) is 0 Å². The summed E-state index contributed by atoms with van der Waals surface area (Å²) in [5, 5.41) is 0. The van der Waals surface area contributed by atoms with Gasteiger partial charge in [-0.25, -0.2) is 9.97 Å². The van der Waals surface area contributed by atoms with Crippen LogP contribution in [0.4, 0.5) is 5.82 Å². The number of nitrogens with two attached hydrogens (primary N) is 1. The highest BCUT2D eigenvalue weighted by Gasteiger charge is 2.30. The van der Waals surface area contributed by atoms with Gasteiger partial charge in [-0.05, 0) is 38.6 Å². The van der Waals surface area contributed by atoms with Crippen molar-refractivity contribution in [3.8, 4) is 5.75 Å². The van der Waals surface area contributed by atoms with E-state index >= 15 is 0 Å². The second kappa shape index (κ2) is 8.14. The average Bonchev–Trinajstić information content (AvgIpc) is 3.12. The second-order valence-electron chi connectivity index (χ2n) is 6.44. The third-order valence-electron chi connectivity index (χ3n) is 4.61. The van der Waals surface area contributed by atoms with Crippen LogP contribution < -0.4 is 10.5 Å². The largest absolute Gasteiger partial charge is 0.493 e. The number of carbonyl (C=O) groups is 1. The number of nitrogens with zero attached hydrogens (tertiary/aromatic N) is 4. The Morgan fingerprint density at radius 3 is 2.96 bits per heavy atom. The van der Waals surface area contributed by atoms with Crippen molar-refractivity contribution in [1.82, 2.24) is 19.8 Å². The number of para-hydroxylation sites is 1. The second-order valence-corrected chi connectivity index (χ2v) is 6.44. The number of hydrogen-bond donors (Lipinski definition) is 1. The first-order valence-corrected chi connectivity index (χ1v) is 8.87. The van der Waals surface area contributed by atoms with E-state index in [0.29, 0.717) is 42.7 Å². The number of anilines is 1. The number of likely N-dealkylation sites (tertiary alicyclic amines) is 1. The zero-order valence-corrected chi connectivity index (χ0v) is 15.3. The van der Waals surface area contributed by atoms with E-state index in [4.69, 9.17) is 10.5 Å². The molecule has 0 radical (unpaired) electrons. The van der Waals surface area contributed by atoms with Crippen LogP contribution in [0.15, 0.2) is 36.5 Å². The molecule has 26 heavy (non-hydrogen) atoms. The Morgan fingerprint density at radius 1 is 1.38 bits per heavy atom. The molecule has 0 spiro atoms. The van der Waals surface area contributed by atoms with E-state index in [0.717, 1.165) is 13.0 Å². The molecular formula is C19H25N5O2. The van der Waals surface area contributed by atoms with Crippen LogP contribution >= 0.6 is 0 Å². The van der Waals surface area contributed by atoms with Gasteiger partial charge in [-0.1, -0.05) is 12.1 Å². The number of ether oxygens (including phenoxy) is 1. The summed E-state index contributed by atoms with van der Waals surface area (Å²) in [4.78, 5) is 25.5. The fraction of sp³-hybridized carbons (Fsp3) is 0.421. The average molecular weight is 355 g/mol. The maximum atomic E-state index is 12.9.